The number of benzene rings is 1. The molecule has 1 unspecified atom stereocenters. The lowest BCUT2D eigenvalue weighted by Gasteiger charge is -2.22. The highest BCUT2D eigenvalue weighted by Gasteiger charge is 2.31. The number of ether oxygens (including phenoxy) is 4. The summed E-state index contributed by atoms with van der Waals surface area (Å²) in [5.41, 5.74) is -0.527. The van der Waals surface area contributed by atoms with Gasteiger partial charge in [0.15, 0.2) is 18.1 Å². The van der Waals surface area contributed by atoms with Gasteiger partial charge in [-0.2, -0.15) is 0 Å². The standard InChI is InChI=1S/C17H24NO12P/c1-10(2)16(30-17(21)28-5-4-6-31(24,25)26)11-7-14(29-9-15(19)20)13(27-3)8-12(11)18(22)23/h7-8,10,16H,4-6,9H2,1-3H3,(H,19,20)(H2,24,25,26). The van der Waals surface area contributed by atoms with Crippen molar-refractivity contribution >= 4 is 25.4 Å². The van der Waals surface area contributed by atoms with Gasteiger partial charge in [0.25, 0.3) is 5.69 Å². The molecular weight excluding hydrogens is 441 g/mol. The molecule has 1 atom stereocenters. The van der Waals surface area contributed by atoms with Gasteiger partial charge in [-0.05, 0) is 18.4 Å². The molecule has 1 aromatic carbocycles. The Morgan fingerprint density at radius 3 is 2.35 bits per heavy atom. The minimum Gasteiger partial charge on any atom is -0.493 e. The fourth-order valence-electron chi connectivity index (χ4n) is 2.49. The lowest BCUT2D eigenvalue weighted by atomic mass is 9.96. The van der Waals surface area contributed by atoms with Crippen LogP contribution in [-0.4, -0.2) is 58.4 Å². The molecule has 0 heterocycles. The van der Waals surface area contributed by atoms with E-state index in [1.807, 2.05) is 0 Å². The second kappa shape index (κ2) is 11.5. The summed E-state index contributed by atoms with van der Waals surface area (Å²) in [4.78, 5) is 51.2. The smallest absolute Gasteiger partial charge is 0.493 e. The van der Waals surface area contributed by atoms with Crippen LogP contribution in [0.5, 0.6) is 11.5 Å². The highest BCUT2D eigenvalue weighted by molar-refractivity contribution is 7.51. The summed E-state index contributed by atoms with van der Waals surface area (Å²) in [6.45, 7) is 2.18. The number of methoxy groups -OCH3 is 1. The number of rotatable bonds is 12. The van der Waals surface area contributed by atoms with Crippen molar-refractivity contribution < 1.29 is 52.9 Å². The van der Waals surface area contributed by atoms with Gasteiger partial charge in [-0.25, -0.2) is 9.59 Å². The summed E-state index contributed by atoms with van der Waals surface area (Å²) in [5, 5.41) is 20.4. The monoisotopic (exact) mass is 465 g/mol. The van der Waals surface area contributed by atoms with Crippen LogP contribution >= 0.6 is 7.60 Å². The number of hydrogen-bond donors (Lipinski definition) is 3. The zero-order chi connectivity index (χ0) is 23.8. The zero-order valence-electron chi connectivity index (χ0n) is 17.0. The largest absolute Gasteiger partial charge is 0.508 e. The van der Waals surface area contributed by atoms with Crippen LogP contribution in [-0.2, 0) is 18.8 Å². The Balaban J connectivity index is 3.14. The number of nitro groups is 1. The molecule has 1 aromatic rings. The average molecular weight is 465 g/mol. The van der Waals surface area contributed by atoms with E-state index >= 15 is 0 Å². The summed E-state index contributed by atoms with van der Waals surface area (Å²) in [5.74, 6) is -1.94. The van der Waals surface area contributed by atoms with Crippen molar-refractivity contribution in [3.63, 3.8) is 0 Å². The van der Waals surface area contributed by atoms with E-state index in [1.165, 1.54) is 7.11 Å². The van der Waals surface area contributed by atoms with Crippen LogP contribution in [0.2, 0.25) is 0 Å². The van der Waals surface area contributed by atoms with Crippen molar-refractivity contribution in [1.29, 1.82) is 0 Å². The number of carbonyl (C=O) groups is 2. The molecule has 0 saturated carbocycles. The minimum atomic E-state index is -4.24. The van der Waals surface area contributed by atoms with Crippen LogP contribution in [0.1, 0.15) is 31.9 Å². The Hall–Kier alpha value is -2.89. The predicted molar refractivity (Wildman–Crippen MR) is 104 cm³/mol. The van der Waals surface area contributed by atoms with Crippen LogP contribution in [0.4, 0.5) is 10.5 Å². The van der Waals surface area contributed by atoms with E-state index in [1.54, 1.807) is 13.8 Å². The van der Waals surface area contributed by atoms with Crippen molar-refractivity contribution in [2.75, 3.05) is 26.5 Å². The van der Waals surface area contributed by atoms with Crippen molar-refractivity contribution in [3.8, 4) is 11.5 Å². The summed E-state index contributed by atoms with van der Waals surface area (Å²) < 4.78 is 30.9. The summed E-state index contributed by atoms with van der Waals surface area (Å²) in [7, 11) is -3.02. The van der Waals surface area contributed by atoms with E-state index in [4.69, 9.17) is 33.8 Å². The third kappa shape index (κ3) is 8.79. The van der Waals surface area contributed by atoms with Gasteiger partial charge in [0.1, 0.15) is 6.10 Å². The first-order chi connectivity index (χ1) is 14.4. The first kappa shape index (κ1) is 26.1. The van der Waals surface area contributed by atoms with E-state index in [0.29, 0.717) is 0 Å². The Morgan fingerprint density at radius 1 is 1.23 bits per heavy atom. The molecule has 14 heteroatoms. The topological polar surface area (TPSA) is 192 Å². The molecule has 0 radical (unpaired) electrons. The van der Waals surface area contributed by atoms with Crippen LogP contribution in [0, 0.1) is 16.0 Å². The molecule has 31 heavy (non-hydrogen) atoms. The summed E-state index contributed by atoms with van der Waals surface area (Å²) >= 11 is 0. The van der Waals surface area contributed by atoms with E-state index in [-0.39, 0.29) is 30.1 Å². The van der Waals surface area contributed by atoms with Gasteiger partial charge in [-0.15, -0.1) is 0 Å². The van der Waals surface area contributed by atoms with E-state index < -0.39 is 55.1 Å². The van der Waals surface area contributed by atoms with Crippen molar-refractivity contribution in [1.82, 2.24) is 0 Å². The van der Waals surface area contributed by atoms with Crippen LogP contribution in [0.3, 0.4) is 0 Å². The fourth-order valence-corrected chi connectivity index (χ4v) is 3.03. The van der Waals surface area contributed by atoms with E-state index in [0.717, 1.165) is 12.1 Å². The van der Waals surface area contributed by atoms with E-state index in [2.05, 4.69) is 0 Å². The number of carbonyl (C=O) groups excluding carboxylic acids is 1. The molecule has 0 aliphatic heterocycles. The maximum atomic E-state index is 12.0. The van der Waals surface area contributed by atoms with Crippen LogP contribution < -0.4 is 9.47 Å². The maximum Gasteiger partial charge on any atom is 0.508 e. The van der Waals surface area contributed by atoms with Gasteiger partial charge in [0, 0.05) is 0 Å². The molecular formula is C17H24NO12P. The Labute approximate surface area is 177 Å². The number of carboxylic acids is 1. The highest BCUT2D eigenvalue weighted by Crippen LogP contribution is 2.41. The highest BCUT2D eigenvalue weighted by atomic mass is 31.2. The molecule has 0 aliphatic carbocycles. The zero-order valence-corrected chi connectivity index (χ0v) is 17.9. The van der Waals surface area contributed by atoms with Crippen LogP contribution in [0.25, 0.3) is 0 Å². The van der Waals surface area contributed by atoms with Gasteiger partial charge in [0.05, 0.1) is 36.4 Å². The Kier molecular flexibility index (Phi) is 9.69. The Morgan fingerprint density at radius 2 is 1.87 bits per heavy atom. The quantitative estimate of drug-likeness (QED) is 0.134. The van der Waals surface area contributed by atoms with Gasteiger partial charge in [0.2, 0.25) is 0 Å². The molecule has 0 aromatic heterocycles. The van der Waals surface area contributed by atoms with Crippen molar-refractivity contribution in [3.05, 3.63) is 27.8 Å². The van der Waals surface area contributed by atoms with Crippen molar-refractivity contribution in [2.45, 2.75) is 26.4 Å². The maximum absolute atomic E-state index is 12.0. The SMILES string of the molecule is COc1cc([N+](=O)[O-])c(C(OC(=O)OCCCP(=O)(O)O)C(C)C)cc1OCC(=O)O. The van der Waals surface area contributed by atoms with Gasteiger partial charge in [-0.3, -0.25) is 14.7 Å². The second-order valence-corrected chi connectivity index (χ2v) is 8.40. The first-order valence-electron chi connectivity index (χ1n) is 8.94. The lowest BCUT2D eigenvalue weighted by Crippen LogP contribution is -2.19. The van der Waals surface area contributed by atoms with Crippen molar-refractivity contribution in [2.24, 2.45) is 5.92 Å². The first-order valence-corrected chi connectivity index (χ1v) is 10.7. The van der Waals surface area contributed by atoms with Gasteiger partial charge in [-0.1, -0.05) is 13.8 Å². The van der Waals surface area contributed by atoms with Gasteiger partial charge >= 0.3 is 19.7 Å². The molecule has 0 saturated heterocycles. The lowest BCUT2D eigenvalue weighted by molar-refractivity contribution is -0.386. The number of aliphatic carboxylic acids is 1. The molecule has 174 valence electrons. The molecule has 0 bridgehead atoms. The molecule has 0 spiro atoms. The molecule has 0 aliphatic rings. The minimum absolute atomic E-state index is 0.0756. The molecule has 1 rings (SSSR count). The third-order valence-electron chi connectivity index (χ3n) is 3.81. The fraction of sp³-hybridized carbons (Fsp3) is 0.529. The number of hydrogen-bond acceptors (Lipinski definition) is 9. The van der Waals surface area contributed by atoms with E-state index in [9.17, 15) is 24.3 Å². The van der Waals surface area contributed by atoms with Crippen LogP contribution in [0.15, 0.2) is 12.1 Å². The number of carboxylic acid groups (broad SMARTS) is 1. The molecule has 0 amide bonds. The second-order valence-electron chi connectivity index (χ2n) is 6.62. The third-order valence-corrected chi connectivity index (χ3v) is 4.71. The summed E-state index contributed by atoms with van der Waals surface area (Å²) in [6.07, 6.45) is -2.96. The molecule has 0 fully saturated rings. The van der Waals surface area contributed by atoms with Gasteiger partial charge < -0.3 is 33.8 Å². The number of nitro benzene ring substituents is 1. The Bertz CT molecular complexity index is 850. The summed E-state index contributed by atoms with van der Waals surface area (Å²) in [6, 6.07) is 2.18. The molecule has 3 N–H and O–H groups in total. The molecule has 13 nitrogen and oxygen atoms in total. The number of nitrogens with zero attached hydrogens (tertiary/aromatic N) is 1. The normalized spacial score (nSPS) is 12.2. The predicted octanol–water partition coefficient (Wildman–Crippen LogP) is 2.48. The average Bonchev–Trinajstić information content (AvgIpc) is 2.66.